The highest BCUT2D eigenvalue weighted by atomic mass is 32.2. The molecule has 1 aromatic heterocycles. The van der Waals surface area contributed by atoms with E-state index in [1.165, 1.54) is 4.90 Å². The molecule has 2 aromatic carbocycles. The third kappa shape index (κ3) is 3.00. The molecule has 0 bridgehead atoms. The van der Waals surface area contributed by atoms with Crippen LogP contribution in [0.15, 0.2) is 57.8 Å². The van der Waals surface area contributed by atoms with Crippen LogP contribution in [0.25, 0.3) is 11.0 Å². The number of hydrogen-bond acceptors (Lipinski definition) is 4. The predicted octanol–water partition coefficient (Wildman–Crippen LogP) is 4.78. The van der Waals surface area contributed by atoms with E-state index in [1.54, 1.807) is 18.9 Å². The van der Waals surface area contributed by atoms with Crippen LogP contribution in [0.2, 0.25) is 0 Å². The Balaban J connectivity index is 1.78. The maximum Gasteiger partial charge on any atom is 0.176 e. The van der Waals surface area contributed by atoms with E-state index in [-0.39, 0.29) is 0 Å². The van der Waals surface area contributed by atoms with Gasteiger partial charge in [-0.1, -0.05) is 18.2 Å². The molecule has 1 heterocycles. The van der Waals surface area contributed by atoms with Gasteiger partial charge >= 0.3 is 0 Å². The van der Waals surface area contributed by atoms with Gasteiger partial charge in [-0.05, 0) is 36.6 Å². The van der Waals surface area contributed by atoms with Gasteiger partial charge < -0.3 is 14.5 Å². The molecule has 21 heavy (non-hydrogen) atoms. The van der Waals surface area contributed by atoms with Crippen LogP contribution in [0, 0.1) is 0 Å². The van der Waals surface area contributed by atoms with Gasteiger partial charge in [0.05, 0.1) is 13.7 Å². The Labute approximate surface area is 128 Å². The minimum Gasteiger partial charge on any atom is -0.493 e. The Morgan fingerprint density at radius 1 is 1.14 bits per heavy atom. The van der Waals surface area contributed by atoms with Crippen LogP contribution < -0.4 is 10.1 Å². The lowest BCUT2D eigenvalue weighted by Crippen LogP contribution is -1.97. The summed E-state index contributed by atoms with van der Waals surface area (Å²) in [6, 6.07) is 16.3. The highest BCUT2D eigenvalue weighted by Gasteiger charge is 2.08. The van der Waals surface area contributed by atoms with E-state index in [2.05, 4.69) is 35.8 Å². The number of benzene rings is 2. The first-order valence-electron chi connectivity index (χ1n) is 6.73. The topological polar surface area (TPSA) is 34.4 Å². The zero-order valence-electron chi connectivity index (χ0n) is 12.1. The van der Waals surface area contributed by atoms with Crippen molar-refractivity contribution in [1.82, 2.24) is 0 Å². The molecule has 0 saturated carbocycles. The standard InChI is InChI=1S/C17H17NO2S/c1-19-16-8-3-5-12-9-14(20-17(12)16)11-18-13-6-4-7-15(10-13)21-2/h3-10,18H,11H2,1-2H3. The molecule has 108 valence electrons. The van der Waals surface area contributed by atoms with Crippen LogP contribution in [0.4, 0.5) is 5.69 Å². The highest BCUT2D eigenvalue weighted by Crippen LogP contribution is 2.29. The first-order valence-corrected chi connectivity index (χ1v) is 7.96. The van der Waals surface area contributed by atoms with Crippen LogP contribution in [0.3, 0.4) is 0 Å². The molecule has 1 N–H and O–H groups in total. The number of rotatable bonds is 5. The van der Waals surface area contributed by atoms with E-state index in [0.717, 1.165) is 28.2 Å². The van der Waals surface area contributed by atoms with Crippen molar-refractivity contribution < 1.29 is 9.15 Å². The SMILES string of the molecule is COc1cccc2cc(CNc3cccc(SC)c3)oc12. The third-order valence-corrected chi connectivity index (χ3v) is 4.04. The zero-order valence-corrected chi connectivity index (χ0v) is 12.9. The fourth-order valence-corrected chi connectivity index (χ4v) is 2.72. The lowest BCUT2D eigenvalue weighted by molar-refractivity contribution is 0.408. The number of furan rings is 1. The molecule has 3 rings (SSSR count). The van der Waals surface area contributed by atoms with Gasteiger partial charge in [0.1, 0.15) is 5.76 Å². The Morgan fingerprint density at radius 3 is 2.81 bits per heavy atom. The largest absolute Gasteiger partial charge is 0.493 e. The van der Waals surface area contributed by atoms with Crippen molar-refractivity contribution in [1.29, 1.82) is 0 Å². The minimum atomic E-state index is 0.648. The second kappa shape index (κ2) is 6.14. The number of anilines is 1. The Kier molecular flexibility index (Phi) is 4.06. The second-order valence-electron chi connectivity index (χ2n) is 4.68. The van der Waals surface area contributed by atoms with Gasteiger partial charge in [-0.25, -0.2) is 0 Å². The van der Waals surface area contributed by atoms with Gasteiger partial charge in [-0.2, -0.15) is 0 Å². The first kappa shape index (κ1) is 13.9. The molecule has 0 spiro atoms. The van der Waals surface area contributed by atoms with Crippen LogP contribution >= 0.6 is 11.8 Å². The van der Waals surface area contributed by atoms with E-state index in [4.69, 9.17) is 9.15 Å². The summed E-state index contributed by atoms with van der Waals surface area (Å²) >= 11 is 1.73. The molecule has 3 nitrogen and oxygen atoms in total. The smallest absolute Gasteiger partial charge is 0.176 e. The van der Waals surface area contributed by atoms with Gasteiger partial charge in [0.15, 0.2) is 11.3 Å². The number of hydrogen-bond donors (Lipinski definition) is 1. The highest BCUT2D eigenvalue weighted by molar-refractivity contribution is 7.98. The van der Waals surface area contributed by atoms with E-state index in [9.17, 15) is 0 Å². The summed E-state index contributed by atoms with van der Waals surface area (Å²) < 4.78 is 11.2. The van der Waals surface area contributed by atoms with Crippen LogP contribution in [-0.4, -0.2) is 13.4 Å². The third-order valence-electron chi connectivity index (χ3n) is 3.32. The van der Waals surface area contributed by atoms with Crippen molar-refractivity contribution >= 4 is 28.4 Å². The van der Waals surface area contributed by atoms with Crippen molar-refractivity contribution in [2.45, 2.75) is 11.4 Å². The number of para-hydroxylation sites is 1. The van der Waals surface area contributed by atoms with E-state index in [0.29, 0.717) is 6.54 Å². The summed E-state index contributed by atoms with van der Waals surface area (Å²) in [4.78, 5) is 1.24. The van der Waals surface area contributed by atoms with Gasteiger partial charge in [0.25, 0.3) is 0 Å². The molecule has 0 amide bonds. The van der Waals surface area contributed by atoms with Crippen LogP contribution in [-0.2, 0) is 6.54 Å². The zero-order chi connectivity index (χ0) is 14.7. The number of nitrogens with one attached hydrogen (secondary N) is 1. The van der Waals surface area contributed by atoms with Crippen molar-refractivity contribution in [3.63, 3.8) is 0 Å². The van der Waals surface area contributed by atoms with E-state index < -0.39 is 0 Å². The molecular formula is C17H17NO2S. The summed E-state index contributed by atoms with van der Waals surface area (Å²) in [6.07, 6.45) is 2.07. The summed E-state index contributed by atoms with van der Waals surface area (Å²) in [5.41, 5.74) is 1.89. The maximum atomic E-state index is 5.88. The molecule has 0 saturated heterocycles. The van der Waals surface area contributed by atoms with Crippen molar-refractivity contribution in [3.8, 4) is 5.75 Å². The Hall–Kier alpha value is -2.07. The first-order chi connectivity index (χ1) is 10.3. The van der Waals surface area contributed by atoms with Gasteiger partial charge in [-0.3, -0.25) is 0 Å². The van der Waals surface area contributed by atoms with Crippen molar-refractivity contribution in [2.75, 3.05) is 18.7 Å². The van der Waals surface area contributed by atoms with Gasteiger partial charge in [0, 0.05) is 16.0 Å². The van der Waals surface area contributed by atoms with Crippen LogP contribution in [0.5, 0.6) is 5.75 Å². The summed E-state index contributed by atoms with van der Waals surface area (Å²) in [5, 5.41) is 4.45. The lowest BCUT2D eigenvalue weighted by atomic mass is 10.2. The monoisotopic (exact) mass is 299 g/mol. The summed E-state index contributed by atoms with van der Waals surface area (Å²) in [5.74, 6) is 1.66. The Bertz CT molecular complexity index is 751. The minimum absolute atomic E-state index is 0.648. The molecule has 0 aliphatic rings. The number of methoxy groups -OCH3 is 1. The van der Waals surface area contributed by atoms with E-state index >= 15 is 0 Å². The number of ether oxygens (including phenoxy) is 1. The molecule has 0 aliphatic carbocycles. The summed E-state index contributed by atoms with van der Waals surface area (Å²) in [6.45, 7) is 0.648. The quantitative estimate of drug-likeness (QED) is 0.688. The summed E-state index contributed by atoms with van der Waals surface area (Å²) in [7, 11) is 1.66. The molecule has 0 aliphatic heterocycles. The second-order valence-corrected chi connectivity index (χ2v) is 5.56. The lowest BCUT2D eigenvalue weighted by Gasteiger charge is -2.05. The predicted molar refractivity (Wildman–Crippen MR) is 88.3 cm³/mol. The number of fused-ring (bicyclic) bond motifs is 1. The average molecular weight is 299 g/mol. The molecule has 4 heteroatoms. The Morgan fingerprint density at radius 2 is 2.00 bits per heavy atom. The molecular weight excluding hydrogens is 282 g/mol. The molecule has 0 fully saturated rings. The van der Waals surface area contributed by atoms with Gasteiger partial charge in [0.2, 0.25) is 0 Å². The fourth-order valence-electron chi connectivity index (χ4n) is 2.26. The average Bonchev–Trinajstić information content (AvgIpc) is 2.96. The molecule has 0 radical (unpaired) electrons. The molecule has 0 unspecified atom stereocenters. The number of thioether (sulfide) groups is 1. The van der Waals surface area contributed by atoms with Crippen molar-refractivity contribution in [2.24, 2.45) is 0 Å². The van der Waals surface area contributed by atoms with Gasteiger partial charge in [-0.15, -0.1) is 11.8 Å². The normalized spacial score (nSPS) is 10.8. The van der Waals surface area contributed by atoms with Crippen LogP contribution in [0.1, 0.15) is 5.76 Å². The molecule has 3 aromatic rings. The molecule has 0 atom stereocenters. The fraction of sp³-hybridized carbons (Fsp3) is 0.176. The maximum absolute atomic E-state index is 5.88. The van der Waals surface area contributed by atoms with Crippen molar-refractivity contribution in [3.05, 3.63) is 54.3 Å². The van der Waals surface area contributed by atoms with E-state index in [1.807, 2.05) is 24.3 Å².